The van der Waals surface area contributed by atoms with Gasteiger partial charge in [0.1, 0.15) is 0 Å². The van der Waals surface area contributed by atoms with Crippen LogP contribution in [0.2, 0.25) is 0 Å². The maximum atomic E-state index is 10.8. The number of ether oxygens (including phenoxy) is 1. The summed E-state index contributed by atoms with van der Waals surface area (Å²) in [7, 11) is 1.40. The molecule has 2 heteroatoms. The first-order valence-corrected chi connectivity index (χ1v) is 5.46. The summed E-state index contributed by atoms with van der Waals surface area (Å²) in [6, 6.07) is 0. The summed E-state index contributed by atoms with van der Waals surface area (Å²) in [5.74, 6) is 0.219. The number of unbranched alkanes of at least 4 members (excludes halogenated alkanes) is 3. The molecular weight excluding hydrogens is 176 g/mol. The average Bonchev–Trinajstić information content (AvgIpc) is 2.21. The first-order valence-electron chi connectivity index (χ1n) is 5.46. The van der Waals surface area contributed by atoms with Crippen LogP contribution in [0.4, 0.5) is 0 Å². The van der Waals surface area contributed by atoms with Gasteiger partial charge in [0.05, 0.1) is 7.11 Å². The molecule has 82 valence electrons. The van der Waals surface area contributed by atoms with Crippen LogP contribution < -0.4 is 0 Å². The van der Waals surface area contributed by atoms with E-state index in [-0.39, 0.29) is 5.97 Å². The second-order valence-electron chi connectivity index (χ2n) is 3.71. The number of esters is 1. The van der Waals surface area contributed by atoms with Crippen molar-refractivity contribution in [3.8, 4) is 0 Å². The van der Waals surface area contributed by atoms with Crippen molar-refractivity contribution >= 4 is 5.97 Å². The van der Waals surface area contributed by atoms with Crippen LogP contribution in [-0.2, 0) is 9.53 Å². The van der Waals surface area contributed by atoms with Gasteiger partial charge in [0, 0.05) is 6.08 Å². The normalized spacial score (nSPS) is 13.1. The highest BCUT2D eigenvalue weighted by Gasteiger charge is 1.98. The Labute approximate surface area is 87.3 Å². The molecule has 2 nitrogen and oxygen atoms in total. The minimum absolute atomic E-state index is 0.259. The van der Waals surface area contributed by atoms with E-state index in [2.05, 4.69) is 18.6 Å². The van der Waals surface area contributed by atoms with Gasteiger partial charge in [0.2, 0.25) is 0 Å². The lowest BCUT2D eigenvalue weighted by Crippen LogP contribution is -1.96. The van der Waals surface area contributed by atoms with E-state index in [0.29, 0.717) is 5.92 Å². The van der Waals surface area contributed by atoms with Gasteiger partial charge in [-0.05, 0) is 12.3 Å². The third-order valence-corrected chi connectivity index (χ3v) is 2.28. The Hall–Kier alpha value is -0.790. The van der Waals surface area contributed by atoms with E-state index >= 15 is 0 Å². The van der Waals surface area contributed by atoms with Gasteiger partial charge in [-0.2, -0.15) is 0 Å². The molecule has 0 aromatic rings. The van der Waals surface area contributed by atoms with Crippen molar-refractivity contribution in [3.63, 3.8) is 0 Å². The lowest BCUT2D eigenvalue weighted by molar-refractivity contribution is -0.134. The maximum Gasteiger partial charge on any atom is 0.330 e. The van der Waals surface area contributed by atoms with E-state index < -0.39 is 0 Å². The van der Waals surface area contributed by atoms with Crippen molar-refractivity contribution in [2.24, 2.45) is 5.92 Å². The Kier molecular flexibility index (Phi) is 8.30. The molecule has 0 N–H and O–H groups in total. The van der Waals surface area contributed by atoms with Crippen LogP contribution in [0.1, 0.15) is 46.0 Å². The molecule has 0 heterocycles. The Morgan fingerprint density at radius 3 is 2.64 bits per heavy atom. The number of hydrogen-bond donors (Lipinski definition) is 0. The van der Waals surface area contributed by atoms with E-state index in [0.717, 1.165) is 6.42 Å². The fraction of sp³-hybridized carbons (Fsp3) is 0.750. The summed E-state index contributed by atoms with van der Waals surface area (Å²) >= 11 is 0. The summed E-state index contributed by atoms with van der Waals surface area (Å²) in [5.41, 5.74) is 0. The molecule has 0 saturated heterocycles. The predicted octanol–water partition coefficient (Wildman–Crippen LogP) is 3.32. The summed E-state index contributed by atoms with van der Waals surface area (Å²) in [4.78, 5) is 10.8. The zero-order chi connectivity index (χ0) is 10.8. The summed E-state index contributed by atoms with van der Waals surface area (Å²) in [6.07, 6.45) is 9.74. The van der Waals surface area contributed by atoms with Crippen LogP contribution >= 0.6 is 0 Å². The summed E-state index contributed by atoms with van der Waals surface area (Å²) < 4.78 is 4.52. The molecule has 0 saturated carbocycles. The third-order valence-electron chi connectivity index (χ3n) is 2.28. The van der Waals surface area contributed by atoms with Crippen LogP contribution in [0.5, 0.6) is 0 Å². The number of carbonyl (C=O) groups excluding carboxylic acids is 1. The molecule has 0 unspecified atom stereocenters. The van der Waals surface area contributed by atoms with Gasteiger partial charge in [-0.1, -0.05) is 45.6 Å². The smallest absolute Gasteiger partial charge is 0.330 e. The third kappa shape index (κ3) is 7.84. The van der Waals surface area contributed by atoms with Crippen molar-refractivity contribution < 1.29 is 9.53 Å². The molecule has 0 amide bonds. The van der Waals surface area contributed by atoms with Crippen molar-refractivity contribution in [2.45, 2.75) is 46.0 Å². The van der Waals surface area contributed by atoms with E-state index in [9.17, 15) is 4.79 Å². The van der Waals surface area contributed by atoms with Crippen LogP contribution in [-0.4, -0.2) is 13.1 Å². The van der Waals surface area contributed by atoms with Gasteiger partial charge in [-0.3, -0.25) is 0 Å². The highest BCUT2D eigenvalue weighted by Crippen LogP contribution is 2.11. The maximum absolute atomic E-state index is 10.8. The Morgan fingerprint density at radius 1 is 1.36 bits per heavy atom. The minimum atomic E-state index is -0.259. The highest BCUT2D eigenvalue weighted by molar-refractivity contribution is 5.81. The number of carbonyl (C=O) groups is 1. The molecule has 0 aliphatic heterocycles. The quantitative estimate of drug-likeness (QED) is 0.356. The molecule has 0 aliphatic rings. The molecule has 0 rings (SSSR count). The fourth-order valence-corrected chi connectivity index (χ4v) is 1.30. The molecule has 0 aromatic heterocycles. The van der Waals surface area contributed by atoms with E-state index in [4.69, 9.17) is 0 Å². The molecule has 0 aromatic carbocycles. The number of rotatable bonds is 7. The largest absolute Gasteiger partial charge is 0.466 e. The highest BCUT2D eigenvalue weighted by atomic mass is 16.5. The van der Waals surface area contributed by atoms with Gasteiger partial charge in [0.15, 0.2) is 0 Å². The number of hydrogen-bond acceptors (Lipinski definition) is 2. The zero-order valence-electron chi connectivity index (χ0n) is 9.58. The number of methoxy groups -OCH3 is 1. The van der Waals surface area contributed by atoms with Crippen molar-refractivity contribution in [1.29, 1.82) is 0 Å². The van der Waals surface area contributed by atoms with Crippen LogP contribution in [0.15, 0.2) is 12.2 Å². The van der Waals surface area contributed by atoms with Gasteiger partial charge in [-0.15, -0.1) is 0 Å². The Morgan fingerprint density at radius 2 is 2.07 bits per heavy atom. The Bertz CT molecular complexity index is 173. The van der Waals surface area contributed by atoms with Gasteiger partial charge in [-0.25, -0.2) is 4.79 Å². The van der Waals surface area contributed by atoms with Crippen LogP contribution in [0.3, 0.4) is 0 Å². The fourth-order valence-electron chi connectivity index (χ4n) is 1.30. The van der Waals surface area contributed by atoms with Crippen molar-refractivity contribution in [2.75, 3.05) is 7.11 Å². The SMILES string of the molecule is CCCCCC[C@@H](C)/C=C/C(=O)OC. The first-order chi connectivity index (χ1) is 6.70. The lowest BCUT2D eigenvalue weighted by Gasteiger charge is -2.04. The van der Waals surface area contributed by atoms with E-state index in [1.54, 1.807) is 0 Å². The van der Waals surface area contributed by atoms with E-state index in [1.807, 2.05) is 6.08 Å². The monoisotopic (exact) mass is 198 g/mol. The predicted molar refractivity (Wildman–Crippen MR) is 59.1 cm³/mol. The standard InChI is InChI=1S/C12H22O2/c1-4-5-6-7-8-11(2)9-10-12(13)14-3/h9-11H,4-8H2,1-3H3/b10-9+/t11-/m1/s1. The topological polar surface area (TPSA) is 26.3 Å². The minimum Gasteiger partial charge on any atom is -0.466 e. The van der Waals surface area contributed by atoms with Gasteiger partial charge < -0.3 is 4.74 Å². The molecular formula is C12H22O2. The molecule has 0 fully saturated rings. The Balaban J connectivity index is 3.49. The summed E-state index contributed by atoms with van der Waals surface area (Å²) in [5, 5.41) is 0. The van der Waals surface area contributed by atoms with Crippen LogP contribution in [0.25, 0.3) is 0 Å². The molecule has 0 aliphatic carbocycles. The van der Waals surface area contributed by atoms with Crippen molar-refractivity contribution in [3.05, 3.63) is 12.2 Å². The molecule has 14 heavy (non-hydrogen) atoms. The lowest BCUT2D eigenvalue weighted by atomic mass is 10.0. The van der Waals surface area contributed by atoms with Crippen molar-refractivity contribution in [1.82, 2.24) is 0 Å². The number of allylic oxidation sites excluding steroid dienone is 1. The second kappa shape index (κ2) is 8.79. The average molecular weight is 198 g/mol. The molecule has 0 spiro atoms. The van der Waals surface area contributed by atoms with E-state index in [1.165, 1.54) is 38.9 Å². The van der Waals surface area contributed by atoms with Gasteiger partial charge >= 0.3 is 5.97 Å². The summed E-state index contributed by atoms with van der Waals surface area (Å²) in [6.45, 7) is 4.34. The second-order valence-corrected chi connectivity index (χ2v) is 3.71. The zero-order valence-corrected chi connectivity index (χ0v) is 9.58. The first kappa shape index (κ1) is 13.2. The van der Waals surface area contributed by atoms with Gasteiger partial charge in [0.25, 0.3) is 0 Å². The van der Waals surface area contributed by atoms with Crippen LogP contribution in [0, 0.1) is 5.92 Å². The molecule has 0 radical (unpaired) electrons. The molecule has 1 atom stereocenters. The molecule has 0 bridgehead atoms.